The van der Waals surface area contributed by atoms with Crippen LogP contribution in [-0.2, 0) is 12.8 Å². The molecule has 1 amide bonds. The van der Waals surface area contributed by atoms with E-state index in [2.05, 4.69) is 20.4 Å². The number of carbonyl (C=O) groups excluding carboxylic acids is 1. The van der Waals surface area contributed by atoms with Crippen molar-refractivity contribution >= 4 is 11.7 Å². The molecule has 1 aliphatic rings. The Bertz CT molecular complexity index is 1370. The van der Waals surface area contributed by atoms with Gasteiger partial charge in [0.1, 0.15) is 11.5 Å². The number of benzene rings is 1. The van der Waals surface area contributed by atoms with Crippen molar-refractivity contribution in [3.8, 4) is 17.4 Å². The lowest BCUT2D eigenvalue weighted by atomic mass is 9.97. The maximum absolute atomic E-state index is 13.6. The Morgan fingerprint density at radius 1 is 1.12 bits per heavy atom. The third-order valence-corrected chi connectivity index (χ3v) is 5.29. The number of hydrogen-bond donors (Lipinski definition) is 2. The number of nitrogens with one attached hydrogen (secondary N) is 2. The van der Waals surface area contributed by atoms with Gasteiger partial charge in [-0.05, 0) is 56.0 Å². The third kappa shape index (κ3) is 3.59. The first-order valence-electron chi connectivity index (χ1n) is 10.0. The largest absolute Gasteiger partial charge is 0.463 e. The molecule has 0 bridgehead atoms. The van der Waals surface area contributed by atoms with E-state index in [1.807, 2.05) is 0 Å². The fourth-order valence-electron chi connectivity index (χ4n) is 3.69. The zero-order valence-corrected chi connectivity index (χ0v) is 16.7. The van der Waals surface area contributed by atoms with Crippen LogP contribution in [0.1, 0.15) is 34.5 Å². The Balaban J connectivity index is 1.58. The fourth-order valence-corrected chi connectivity index (χ4v) is 3.69. The molecule has 0 saturated carbocycles. The zero-order valence-electron chi connectivity index (χ0n) is 16.7. The second-order valence-electron chi connectivity index (χ2n) is 7.41. The summed E-state index contributed by atoms with van der Waals surface area (Å²) >= 11 is 0. The average molecular weight is 437 g/mol. The molecule has 0 aliphatic heterocycles. The molecular weight excluding hydrogens is 420 g/mol. The van der Waals surface area contributed by atoms with Gasteiger partial charge in [0.2, 0.25) is 5.95 Å². The summed E-state index contributed by atoms with van der Waals surface area (Å²) in [6.07, 6.45) is 4.67. The second kappa shape index (κ2) is 7.88. The third-order valence-electron chi connectivity index (χ3n) is 5.29. The number of aromatic nitrogens is 4. The van der Waals surface area contributed by atoms with E-state index in [-0.39, 0.29) is 22.9 Å². The van der Waals surface area contributed by atoms with Gasteiger partial charge in [0, 0.05) is 17.2 Å². The molecule has 0 saturated heterocycles. The van der Waals surface area contributed by atoms with Gasteiger partial charge in [-0.1, -0.05) is 0 Å². The van der Waals surface area contributed by atoms with E-state index in [1.54, 1.807) is 12.1 Å². The second-order valence-corrected chi connectivity index (χ2v) is 7.41. The maximum atomic E-state index is 13.6. The maximum Gasteiger partial charge on any atom is 0.256 e. The van der Waals surface area contributed by atoms with Crippen LogP contribution >= 0.6 is 0 Å². The summed E-state index contributed by atoms with van der Waals surface area (Å²) in [5.74, 6) is -2.13. The Kier molecular flexibility index (Phi) is 4.89. The highest BCUT2D eigenvalue weighted by atomic mass is 19.2. The van der Waals surface area contributed by atoms with E-state index in [0.29, 0.717) is 35.6 Å². The molecule has 5 rings (SSSR count). The number of aromatic amines is 1. The summed E-state index contributed by atoms with van der Waals surface area (Å²) in [6, 6.07) is 7.76. The van der Waals surface area contributed by atoms with Gasteiger partial charge in [0.25, 0.3) is 11.5 Å². The standard InChI is InChI=1S/C22H17F2N5O3/c23-14-8-7-12(10-15(14)24)20(30)26-19-11-17(18-6-3-9-32-18)28-29(19)22-25-16-5-2-1-4-13(16)21(31)27-22/h3,6-11H,1-2,4-5H2,(H,26,30)(H,25,27,31). The SMILES string of the molecule is O=C(Nc1cc(-c2ccco2)nn1-c1nc2c(c(=O)[nH]1)CCCC2)c1ccc(F)c(F)c1. The normalized spacial score (nSPS) is 13.1. The average Bonchev–Trinajstić information content (AvgIpc) is 3.46. The number of carbonyl (C=O) groups is 1. The van der Waals surface area contributed by atoms with Gasteiger partial charge in [0.05, 0.1) is 12.0 Å². The zero-order chi connectivity index (χ0) is 22.2. The van der Waals surface area contributed by atoms with Crippen LogP contribution in [0.25, 0.3) is 17.4 Å². The number of nitrogens with zero attached hydrogens (tertiary/aromatic N) is 3. The van der Waals surface area contributed by atoms with E-state index in [1.165, 1.54) is 23.1 Å². The van der Waals surface area contributed by atoms with Gasteiger partial charge in [-0.3, -0.25) is 14.6 Å². The Morgan fingerprint density at radius 2 is 1.97 bits per heavy atom. The minimum atomic E-state index is -1.14. The smallest absolute Gasteiger partial charge is 0.256 e. The van der Waals surface area contributed by atoms with Crippen molar-refractivity contribution in [1.29, 1.82) is 0 Å². The van der Waals surface area contributed by atoms with Crippen molar-refractivity contribution in [3.63, 3.8) is 0 Å². The number of H-pyrrole nitrogens is 1. The van der Waals surface area contributed by atoms with Crippen LogP contribution in [0.4, 0.5) is 14.6 Å². The van der Waals surface area contributed by atoms with Crippen LogP contribution in [-0.4, -0.2) is 25.7 Å². The first-order valence-corrected chi connectivity index (χ1v) is 10.0. The van der Waals surface area contributed by atoms with E-state index in [0.717, 1.165) is 25.0 Å². The molecule has 1 aliphatic carbocycles. The summed E-state index contributed by atoms with van der Waals surface area (Å²) < 4.78 is 33.5. The highest BCUT2D eigenvalue weighted by Gasteiger charge is 2.21. The van der Waals surface area contributed by atoms with Crippen molar-refractivity contribution in [2.75, 3.05) is 5.32 Å². The predicted octanol–water partition coefficient (Wildman–Crippen LogP) is 3.62. The molecule has 0 spiro atoms. The monoisotopic (exact) mass is 437 g/mol. The van der Waals surface area contributed by atoms with Crippen molar-refractivity contribution in [2.24, 2.45) is 0 Å². The lowest BCUT2D eigenvalue weighted by Crippen LogP contribution is -2.24. The molecule has 0 atom stereocenters. The molecule has 3 aromatic heterocycles. The highest BCUT2D eigenvalue weighted by Crippen LogP contribution is 2.25. The van der Waals surface area contributed by atoms with E-state index < -0.39 is 17.5 Å². The molecule has 1 aromatic carbocycles. The van der Waals surface area contributed by atoms with E-state index >= 15 is 0 Å². The summed E-state index contributed by atoms with van der Waals surface area (Å²) in [5, 5.41) is 7.06. The summed E-state index contributed by atoms with van der Waals surface area (Å²) in [7, 11) is 0. The van der Waals surface area contributed by atoms with Crippen molar-refractivity contribution in [3.05, 3.63) is 81.5 Å². The molecule has 162 valence electrons. The summed E-state index contributed by atoms with van der Waals surface area (Å²) in [6.45, 7) is 0. The van der Waals surface area contributed by atoms with Crippen LogP contribution in [0, 0.1) is 11.6 Å². The number of aryl methyl sites for hydroxylation is 1. The van der Waals surface area contributed by atoms with Crippen LogP contribution in [0.5, 0.6) is 0 Å². The number of hydrogen-bond acceptors (Lipinski definition) is 5. The molecule has 0 fully saturated rings. The van der Waals surface area contributed by atoms with Crippen LogP contribution < -0.4 is 10.9 Å². The molecule has 2 N–H and O–H groups in total. The summed E-state index contributed by atoms with van der Waals surface area (Å²) in [5.41, 5.74) is 1.41. The molecule has 0 unspecified atom stereocenters. The first kappa shape index (κ1) is 19.9. The van der Waals surface area contributed by atoms with Crippen molar-refractivity contribution in [1.82, 2.24) is 19.7 Å². The van der Waals surface area contributed by atoms with Crippen molar-refractivity contribution < 1.29 is 18.0 Å². The van der Waals surface area contributed by atoms with E-state index in [9.17, 15) is 18.4 Å². The number of anilines is 1. The Morgan fingerprint density at radius 3 is 2.75 bits per heavy atom. The minimum absolute atomic E-state index is 0.0805. The number of fused-ring (bicyclic) bond motifs is 1. The Labute approximate surface area is 179 Å². The topological polar surface area (TPSA) is 106 Å². The number of amides is 1. The fraction of sp³-hybridized carbons (Fsp3) is 0.182. The molecule has 3 heterocycles. The van der Waals surface area contributed by atoms with Crippen molar-refractivity contribution in [2.45, 2.75) is 25.7 Å². The lowest BCUT2D eigenvalue weighted by molar-refractivity contribution is 0.102. The highest BCUT2D eigenvalue weighted by molar-refractivity contribution is 6.04. The van der Waals surface area contributed by atoms with Gasteiger partial charge in [-0.25, -0.2) is 13.8 Å². The van der Waals surface area contributed by atoms with Crippen LogP contribution in [0.3, 0.4) is 0 Å². The molecule has 8 nitrogen and oxygen atoms in total. The predicted molar refractivity (Wildman–Crippen MR) is 111 cm³/mol. The van der Waals surface area contributed by atoms with Gasteiger partial charge in [-0.2, -0.15) is 9.78 Å². The molecule has 32 heavy (non-hydrogen) atoms. The molecule has 0 radical (unpaired) electrons. The number of rotatable bonds is 4. The summed E-state index contributed by atoms with van der Waals surface area (Å²) in [4.78, 5) is 32.6. The van der Waals surface area contributed by atoms with Gasteiger partial charge < -0.3 is 9.73 Å². The quantitative estimate of drug-likeness (QED) is 0.507. The van der Waals surface area contributed by atoms with E-state index in [4.69, 9.17) is 4.42 Å². The van der Waals surface area contributed by atoms with Gasteiger partial charge >= 0.3 is 0 Å². The minimum Gasteiger partial charge on any atom is -0.463 e. The lowest BCUT2D eigenvalue weighted by Gasteiger charge is -2.15. The van der Waals surface area contributed by atoms with Crippen LogP contribution in [0.2, 0.25) is 0 Å². The van der Waals surface area contributed by atoms with Gasteiger partial charge in [0.15, 0.2) is 17.4 Å². The number of furan rings is 1. The Hall–Kier alpha value is -4.08. The number of halogens is 2. The molecular formula is C22H17F2N5O3. The first-order chi connectivity index (χ1) is 15.5. The molecule has 4 aromatic rings. The van der Waals surface area contributed by atoms with Crippen LogP contribution in [0.15, 0.2) is 51.9 Å². The molecule has 10 heteroatoms. The van der Waals surface area contributed by atoms with Gasteiger partial charge in [-0.15, -0.1) is 0 Å².